The number of aliphatic hydroxyl groups is 1. The smallest absolute Gasteiger partial charge is 0.269 e. The summed E-state index contributed by atoms with van der Waals surface area (Å²) >= 11 is 7.94. The zero-order valence-corrected chi connectivity index (χ0v) is 17.8. The molecule has 0 aliphatic rings. The number of anilines is 1. The standard InChI is InChI=1S/C19H18ClIN4O3/c1-2-13-14(9-8-12(10-22)15(13)20)23-16(17(21)26)19(28)25-24-18(27)11-6-4-3-5-7-11/h3-9,16-17,23,26H,2H2,1H3,(H,24,27)(H,25,28)/t16-,17-/m1/s1. The van der Waals surface area contributed by atoms with Crippen molar-refractivity contribution in [2.24, 2.45) is 0 Å². The summed E-state index contributed by atoms with van der Waals surface area (Å²) in [5.74, 6) is -1.11. The maximum Gasteiger partial charge on any atom is 0.269 e. The van der Waals surface area contributed by atoms with E-state index in [2.05, 4.69) is 16.2 Å². The summed E-state index contributed by atoms with van der Waals surface area (Å²) in [5.41, 5.74) is 6.52. The SMILES string of the molecule is CCc1c(N[C@@H](C(=O)NNC(=O)c2ccccc2)[C@@H](O)I)ccc(C#N)c1Cl. The van der Waals surface area contributed by atoms with Crippen molar-refractivity contribution < 1.29 is 14.7 Å². The highest BCUT2D eigenvalue weighted by atomic mass is 127. The Balaban J connectivity index is 2.13. The number of hydrogen-bond donors (Lipinski definition) is 4. The van der Waals surface area contributed by atoms with Gasteiger partial charge in [-0.15, -0.1) is 0 Å². The summed E-state index contributed by atoms with van der Waals surface area (Å²) in [6, 6.07) is 12.5. The second kappa shape index (κ2) is 10.3. The topological polar surface area (TPSA) is 114 Å². The largest absolute Gasteiger partial charge is 0.380 e. The van der Waals surface area contributed by atoms with Gasteiger partial charge in [0.15, 0.2) is 0 Å². The molecule has 2 rings (SSSR count). The lowest BCUT2D eigenvalue weighted by Gasteiger charge is -2.23. The van der Waals surface area contributed by atoms with Gasteiger partial charge in [0.25, 0.3) is 11.8 Å². The van der Waals surface area contributed by atoms with Gasteiger partial charge in [-0.05, 0) is 58.8 Å². The van der Waals surface area contributed by atoms with Crippen molar-refractivity contribution in [3.8, 4) is 6.07 Å². The minimum Gasteiger partial charge on any atom is -0.380 e. The number of alkyl halides is 1. The third-order valence-electron chi connectivity index (χ3n) is 3.92. The quantitative estimate of drug-likeness (QED) is 0.270. The molecule has 0 saturated heterocycles. The average Bonchev–Trinajstić information content (AvgIpc) is 2.70. The van der Waals surface area contributed by atoms with Gasteiger partial charge < -0.3 is 10.4 Å². The van der Waals surface area contributed by atoms with Crippen LogP contribution in [0.1, 0.15) is 28.4 Å². The van der Waals surface area contributed by atoms with Gasteiger partial charge in [0.2, 0.25) is 0 Å². The molecular formula is C19H18ClIN4O3. The van der Waals surface area contributed by atoms with Crippen LogP contribution in [0.4, 0.5) is 5.69 Å². The van der Waals surface area contributed by atoms with Crippen LogP contribution in [0.25, 0.3) is 0 Å². The van der Waals surface area contributed by atoms with Crippen molar-refractivity contribution in [1.29, 1.82) is 5.26 Å². The Bertz CT molecular complexity index is 900. The summed E-state index contributed by atoms with van der Waals surface area (Å²) in [5, 5.41) is 22.4. The molecule has 4 N–H and O–H groups in total. The molecule has 0 aromatic heterocycles. The first-order chi connectivity index (χ1) is 13.4. The lowest BCUT2D eigenvalue weighted by atomic mass is 10.1. The van der Waals surface area contributed by atoms with Crippen LogP contribution in [-0.2, 0) is 11.2 Å². The summed E-state index contributed by atoms with van der Waals surface area (Å²) in [6.45, 7) is 1.86. The van der Waals surface area contributed by atoms with Crippen LogP contribution < -0.4 is 16.2 Å². The van der Waals surface area contributed by atoms with Gasteiger partial charge in [0, 0.05) is 11.3 Å². The van der Waals surface area contributed by atoms with Gasteiger partial charge in [0.05, 0.1) is 10.6 Å². The van der Waals surface area contributed by atoms with E-state index in [4.69, 9.17) is 16.9 Å². The molecular weight excluding hydrogens is 495 g/mol. The maximum atomic E-state index is 12.5. The molecule has 0 aliphatic carbocycles. The number of carbonyl (C=O) groups is 2. The fourth-order valence-electron chi connectivity index (χ4n) is 2.47. The fraction of sp³-hybridized carbons (Fsp3) is 0.211. The second-order valence-electron chi connectivity index (χ2n) is 5.72. The molecule has 0 saturated carbocycles. The van der Waals surface area contributed by atoms with E-state index in [9.17, 15) is 14.7 Å². The number of rotatable bonds is 6. The molecule has 7 nitrogen and oxygen atoms in total. The molecule has 0 heterocycles. The van der Waals surface area contributed by atoms with Crippen LogP contribution in [0.5, 0.6) is 0 Å². The third kappa shape index (κ3) is 5.34. The Morgan fingerprint density at radius 3 is 2.46 bits per heavy atom. The number of hydrazine groups is 1. The van der Waals surface area contributed by atoms with Crippen LogP contribution in [0.2, 0.25) is 5.02 Å². The molecule has 2 amide bonds. The number of nitriles is 1. The molecule has 0 fully saturated rings. The Labute approximate surface area is 181 Å². The fourth-order valence-corrected chi connectivity index (χ4v) is 3.32. The van der Waals surface area contributed by atoms with Crippen molar-refractivity contribution in [2.75, 3.05) is 5.32 Å². The molecule has 0 bridgehead atoms. The number of halogens is 2. The predicted molar refractivity (Wildman–Crippen MR) is 115 cm³/mol. The van der Waals surface area contributed by atoms with Crippen LogP contribution in [0.3, 0.4) is 0 Å². The van der Waals surface area contributed by atoms with E-state index in [0.717, 1.165) is 0 Å². The van der Waals surface area contributed by atoms with Crippen LogP contribution in [0.15, 0.2) is 42.5 Å². The first kappa shape index (κ1) is 21.9. The monoisotopic (exact) mass is 512 g/mol. The number of benzene rings is 2. The van der Waals surface area contributed by atoms with Gasteiger partial charge in [-0.1, -0.05) is 36.7 Å². The van der Waals surface area contributed by atoms with Crippen LogP contribution in [-0.4, -0.2) is 27.1 Å². The first-order valence-corrected chi connectivity index (χ1v) is 9.96. The number of aliphatic hydroxyl groups excluding tert-OH is 1. The number of amides is 2. The van der Waals surface area contributed by atoms with Gasteiger partial charge in [-0.25, -0.2) is 0 Å². The molecule has 0 radical (unpaired) electrons. The highest BCUT2D eigenvalue weighted by Crippen LogP contribution is 2.29. The van der Waals surface area contributed by atoms with E-state index in [1.807, 2.05) is 13.0 Å². The molecule has 2 aromatic carbocycles. The van der Waals surface area contributed by atoms with E-state index in [1.165, 1.54) is 6.07 Å². The molecule has 28 heavy (non-hydrogen) atoms. The van der Waals surface area contributed by atoms with Gasteiger partial charge in [-0.3, -0.25) is 20.4 Å². The first-order valence-electron chi connectivity index (χ1n) is 8.34. The zero-order chi connectivity index (χ0) is 20.7. The number of hydrogen-bond acceptors (Lipinski definition) is 5. The number of nitrogens with one attached hydrogen (secondary N) is 3. The third-order valence-corrected chi connectivity index (χ3v) is 5.07. The van der Waals surface area contributed by atoms with E-state index in [0.29, 0.717) is 33.8 Å². The minimum absolute atomic E-state index is 0.300. The van der Waals surface area contributed by atoms with E-state index in [-0.39, 0.29) is 0 Å². The Kier molecular flexibility index (Phi) is 8.04. The Hall–Kier alpha value is -2.35. The lowest BCUT2D eigenvalue weighted by Crippen LogP contribution is -2.51. The molecule has 0 spiro atoms. The average molecular weight is 513 g/mol. The molecule has 9 heteroatoms. The Morgan fingerprint density at radius 2 is 1.89 bits per heavy atom. The summed E-state index contributed by atoms with van der Waals surface area (Å²) in [7, 11) is 0. The molecule has 2 atom stereocenters. The molecule has 146 valence electrons. The van der Waals surface area contributed by atoms with Crippen molar-refractivity contribution in [3.63, 3.8) is 0 Å². The highest BCUT2D eigenvalue weighted by Gasteiger charge is 2.26. The second-order valence-corrected chi connectivity index (χ2v) is 7.38. The van der Waals surface area contributed by atoms with Gasteiger partial charge in [-0.2, -0.15) is 5.26 Å². The maximum absolute atomic E-state index is 12.5. The molecule has 0 unspecified atom stereocenters. The van der Waals surface area contributed by atoms with Crippen LogP contribution >= 0.6 is 34.2 Å². The lowest BCUT2D eigenvalue weighted by molar-refractivity contribution is -0.123. The van der Waals surface area contributed by atoms with E-state index in [1.54, 1.807) is 59.0 Å². The summed E-state index contributed by atoms with van der Waals surface area (Å²) in [4.78, 5) is 24.6. The van der Waals surface area contributed by atoms with E-state index < -0.39 is 22.0 Å². The van der Waals surface area contributed by atoms with Crippen LogP contribution in [0, 0.1) is 11.3 Å². The summed E-state index contributed by atoms with van der Waals surface area (Å²) in [6.07, 6.45) is 0.521. The number of carbonyl (C=O) groups excluding carboxylic acids is 2. The van der Waals surface area contributed by atoms with Gasteiger partial charge >= 0.3 is 0 Å². The summed E-state index contributed by atoms with van der Waals surface area (Å²) < 4.78 is -1.09. The van der Waals surface area contributed by atoms with Crippen molar-refractivity contribution in [1.82, 2.24) is 10.9 Å². The van der Waals surface area contributed by atoms with Crippen molar-refractivity contribution in [3.05, 3.63) is 64.2 Å². The minimum atomic E-state index is -1.09. The zero-order valence-electron chi connectivity index (χ0n) is 14.9. The predicted octanol–water partition coefficient (Wildman–Crippen LogP) is 2.77. The normalized spacial score (nSPS) is 12.4. The van der Waals surface area contributed by atoms with Crippen molar-refractivity contribution >= 4 is 51.7 Å². The molecule has 0 aliphatic heterocycles. The van der Waals surface area contributed by atoms with E-state index >= 15 is 0 Å². The van der Waals surface area contributed by atoms with Crippen molar-refractivity contribution in [2.45, 2.75) is 23.5 Å². The molecule has 2 aromatic rings. The highest BCUT2D eigenvalue weighted by molar-refractivity contribution is 14.1. The Morgan fingerprint density at radius 1 is 1.21 bits per heavy atom. The number of nitrogens with zero attached hydrogens (tertiary/aromatic N) is 1. The van der Waals surface area contributed by atoms with Gasteiger partial charge in [0.1, 0.15) is 16.2 Å².